The van der Waals surface area contributed by atoms with Gasteiger partial charge in [0.15, 0.2) is 0 Å². The number of rotatable bonds is 4. The van der Waals surface area contributed by atoms with E-state index in [0.717, 1.165) is 0 Å². The minimum absolute atomic E-state index is 0.0426. The molecule has 2 aliphatic heterocycles. The average Bonchev–Trinajstić information content (AvgIpc) is 3.22. The Kier molecular flexibility index (Phi) is 9.59. The number of benzene rings is 7. The molecule has 0 saturated carbocycles. The summed E-state index contributed by atoms with van der Waals surface area (Å²) in [5, 5.41) is 0. The second-order valence-electron chi connectivity index (χ2n) is 21.6. The molecule has 0 spiro atoms. The molecule has 9 rings (SSSR count). The van der Waals surface area contributed by atoms with Gasteiger partial charge in [-0.1, -0.05) is 186 Å². The maximum absolute atomic E-state index is 2.53. The first kappa shape index (κ1) is 40.6. The molecule has 0 fully saturated rings. The van der Waals surface area contributed by atoms with Crippen LogP contribution in [0.3, 0.4) is 0 Å². The van der Waals surface area contributed by atoms with Crippen LogP contribution in [0.15, 0.2) is 152 Å². The second-order valence-corrected chi connectivity index (χ2v) is 21.6. The van der Waals surface area contributed by atoms with Crippen LogP contribution in [0.25, 0.3) is 22.3 Å². The Morgan fingerprint density at radius 1 is 0.311 bits per heavy atom. The molecule has 3 heteroatoms. The zero-order valence-corrected chi connectivity index (χ0v) is 38.4. The molecule has 0 atom stereocenters. The molecule has 2 heterocycles. The molecule has 0 bridgehead atoms. The van der Waals surface area contributed by atoms with E-state index in [2.05, 4.69) is 245 Å². The molecule has 2 aliphatic rings. The first-order chi connectivity index (χ1) is 28.8. The van der Waals surface area contributed by atoms with Crippen LogP contribution >= 0.6 is 0 Å². The number of fused-ring (bicyclic) bond motifs is 4. The molecule has 0 aromatic heterocycles. The highest BCUT2D eigenvalue weighted by molar-refractivity contribution is 7.00. The van der Waals surface area contributed by atoms with E-state index in [1.807, 2.05) is 0 Å². The maximum atomic E-state index is 2.53. The fourth-order valence-corrected chi connectivity index (χ4v) is 9.39. The Hall–Kier alpha value is -5.80. The van der Waals surface area contributed by atoms with Crippen molar-refractivity contribution in [2.75, 3.05) is 9.80 Å². The molecular weight excluding hydrogens is 735 g/mol. The van der Waals surface area contributed by atoms with Gasteiger partial charge in [-0.05, 0) is 131 Å². The van der Waals surface area contributed by atoms with Crippen LogP contribution < -0.4 is 26.2 Å². The number of nitrogens with zero attached hydrogens (tertiary/aromatic N) is 2. The van der Waals surface area contributed by atoms with Crippen LogP contribution in [-0.2, 0) is 21.7 Å². The Labute approximate surface area is 366 Å². The van der Waals surface area contributed by atoms with Crippen molar-refractivity contribution in [1.82, 2.24) is 0 Å². The predicted octanol–water partition coefficient (Wildman–Crippen LogP) is 14.3. The average molecular weight is 797 g/mol. The maximum Gasteiger partial charge on any atom is 0.252 e. The molecule has 0 radical (unpaired) electrons. The lowest BCUT2D eigenvalue weighted by molar-refractivity contribution is 0.590. The normalized spacial score (nSPS) is 13.8. The summed E-state index contributed by atoms with van der Waals surface area (Å²) >= 11 is 0. The number of hydrogen-bond acceptors (Lipinski definition) is 2. The second kappa shape index (κ2) is 14.4. The summed E-state index contributed by atoms with van der Waals surface area (Å²) < 4.78 is 0. The highest BCUT2D eigenvalue weighted by atomic mass is 15.2. The number of hydrogen-bond donors (Lipinski definition) is 0. The molecule has 61 heavy (non-hydrogen) atoms. The molecule has 0 unspecified atom stereocenters. The van der Waals surface area contributed by atoms with Gasteiger partial charge < -0.3 is 9.80 Å². The Bertz CT molecular complexity index is 2560. The predicted molar refractivity (Wildman–Crippen MR) is 266 cm³/mol. The van der Waals surface area contributed by atoms with Crippen LogP contribution in [0, 0.1) is 0 Å². The lowest BCUT2D eigenvalue weighted by atomic mass is 9.33. The Morgan fingerprint density at radius 2 is 0.607 bits per heavy atom. The molecule has 7 aromatic rings. The number of anilines is 6. The van der Waals surface area contributed by atoms with E-state index in [4.69, 9.17) is 0 Å². The van der Waals surface area contributed by atoms with Gasteiger partial charge in [0, 0.05) is 34.1 Å². The minimum Gasteiger partial charge on any atom is -0.311 e. The summed E-state index contributed by atoms with van der Waals surface area (Å²) in [5.41, 5.74) is 21.8. The van der Waals surface area contributed by atoms with E-state index in [-0.39, 0.29) is 28.4 Å². The van der Waals surface area contributed by atoms with Crippen molar-refractivity contribution in [2.45, 2.75) is 105 Å². The fourth-order valence-electron chi connectivity index (χ4n) is 9.39. The summed E-state index contributed by atoms with van der Waals surface area (Å²) in [7, 11) is 0. The highest BCUT2D eigenvalue weighted by Gasteiger charge is 2.43. The monoisotopic (exact) mass is 796 g/mol. The fraction of sp³-hybridized carbons (Fsp3) is 0.276. The van der Waals surface area contributed by atoms with Crippen LogP contribution in [0.5, 0.6) is 0 Å². The Morgan fingerprint density at radius 3 is 0.918 bits per heavy atom. The van der Waals surface area contributed by atoms with Gasteiger partial charge in [-0.15, -0.1) is 0 Å². The van der Waals surface area contributed by atoms with Gasteiger partial charge in [0.25, 0.3) is 6.71 Å². The lowest BCUT2D eigenvalue weighted by Gasteiger charge is -2.44. The summed E-state index contributed by atoms with van der Waals surface area (Å²) in [4.78, 5) is 5.06. The zero-order valence-electron chi connectivity index (χ0n) is 38.4. The third kappa shape index (κ3) is 7.31. The molecule has 0 N–H and O–H groups in total. The third-order valence-electron chi connectivity index (χ3n) is 13.1. The van der Waals surface area contributed by atoms with Gasteiger partial charge in [0.05, 0.1) is 0 Å². The SMILES string of the molecule is CC(C)(C)c1ccc(-c2ccc3c(c2)N(c2ccc(C(C)(C)C)cc2)c2cccc4c2B3c2ccc(-c3ccc(C(C)(C)C)cc3)cc2N4c2ccc(C(C)(C)C)cc2)cc1. The van der Waals surface area contributed by atoms with Gasteiger partial charge in [-0.3, -0.25) is 0 Å². The Balaban J connectivity index is 1.28. The van der Waals surface area contributed by atoms with E-state index < -0.39 is 0 Å². The van der Waals surface area contributed by atoms with Crippen molar-refractivity contribution in [3.63, 3.8) is 0 Å². The van der Waals surface area contributed by atoms with E-state index in [9.17, 15) is 0 Å². The van der Waals surface area contributed by atoms with Crippen LogP contribution in [0.1, 0.15) is 105 Å². The van der Waals surface area contributed by atoms with Crippen LogP contribution in [-0.4, -0.2) is 6.71 Å². The molecule has 0 saturated heterocycles. The van der Waals surface area contributed by atoms with Crippen molar-refractivity contribution in [2.24, 2.45) is 0 Å². The molecule has 0 aliphatic carbocycles. The van der Waals surface area contributed by atoms with Gasteiger partial charge in [-0.25, -0.2) is 0 Å². The van der Waals surface area contributed by atoms with Gasteiger partial charge >= 0.3 is 0 Å². The van der Waals surface area contributed by atoms with E-state index in [1.165, 1.54) is 95.0 Å². The first-order valence-electron chi connectivity index (χ1n) is 22.2. The van der Waals surface area contributed by atoms with Gasteiger partial charge in [-0.2, -0.15) is 0 Å². The van der Waals surface area contributed by atoms with E-state index >= 15 is 0 Å². The van der Waals surface area contributed by atoms with Crippen molar-refractivity contribution in [3.05, 3.63) is 174 Å². The van der Waals surface area contributed by atoms with Crippen LogP contribution in [0.4, 0.5) is 34.1 Å². The van der Waals surface area contributed by atoms with E-state index in [1.54, 1.807) is 0 Å². The highest BCUT2D eigenvalue weighted by Crippen LogP contribution is 2.46. The summed E-state index contributed by atoms with van der Waals surface area (Å²) in [6.45, 7) is 27.5. The van der Waals surface area contributed by atoms with Gasteiger partial charge in [0.2, 0.25) is 0 Å². The molecule has 306 valence electrons. The van der Waals surface area contributed by atoms with Gasteiger partial charge in [0.1, 0.15) is 0 Å². The van der Waals surface area contributed by atoms with Crippen molar-refractivity contribution in [1.29, 1.82) is 0 Å². The minimum atomic E-state index is 0.0426. The molecular formula is C58H61BN2. The largest absolute Gasteiger partial charge is 0.311 e. The van der Waals surface area contributed by atoms with Crippen molar-refractivity contribution in [3.8, 4) is 22.3 Å². The van der Waals surface area contributed by atoms with Crippen LogP contribution in [0.2, 0.25) is 0 Å². The van der Waals surface area contributed by atoms with Crippen molar-refractivity contribution < 1.29 is 0 Å². The quantitative estimate of drug-likeness (QED) is 0.164. The molecule has 0 amide bonds. The first-order valence-corrected chi connectivity index (χ1v) is 22.2. The summed E-state index contributed by atoms with van der Waals surface area (Å²) in [5.74, 6) is 0. The molecule has 7 aromatic carbocycles. The lowest BCUT2D eigenvalue weighted by Crippen LogP contribution is -2.61. The third-order valence-corrected chi connectivity index (χ3v) is 13.1. The molecule has 2 nitrogen and oxygen atoms in total. The summed E-state index contributed by atoms with van der Waals surface area (Å²) in [6.07, 6.45) is 0. The van der Waals surface area contributed by atoms with Crippen molar-refractivity contribution >= 4 is 57.2 Å². The zero-order chi connectivity index (χ0) is 43.2. The smallest absolute Gasteiger partial charge is 0.252 e. The van der Waals surface area contributed by atoms with E-state index in [0.29, 0.717) is 0 Å². The summed E-state index contributed by atoms with van der Waals surface area (Å²) in [6, 6.07) is 58.3. The standard InChI is InChI=1S/C58H61BN2/c1-55(2,3)42-22-16-38(17-23-42)40-20-34-48-52(36-40)60(46-30-26-44(27-31-46)57(7,8)9)50-14-13-15-51-54(50)59(48)49-35-21-41(39-18-24-43(25-19-39)56(4,5)6)37-53(49)61(51)47-32-28-45(29-33-47)58(10,11)12/h13-37H,1-12H3. The topological polar surface area (TPSA) is 6.48 Å².